The number of ether oxygens (including phenoxy) is 1. The van der Waals surface area contributed by atoms with Gasteiger partial charge in [-0.1, -0.05) is 17.7 Å². The van der Waals surface area contributed by atoms with E-state index in [1.807, 2.05) is 13.0 Å². The minimum Gasteiger partial charge on any atom is -0.492 e. The number of amides is 1. The Labute approximate surface area is 202 Å². The topological polar surface area (TPSA) is 79.4 Å². The van der Waals surface area contributed by atoms with Crippen LogP contribution in [0.5, 0.6) is 5.75 Å². The quantitative estimate of drug-likeness (QED) is 0.440. The molecule has 2 fully saturated rings. The number of fused-ring (bicyclic) bond motifs is 2. The average Bonchev–Trinajstić information content (AvgIpc) is 3.42. The van der Waals surface area contributed by atoms with Gasteiger partial charge in [0.05, 0.1) is 22.8 Å². The average molecular weight is 482 g/mol. The monoisotopic (exact) mass is 481 g/mol. The SMILES string of the molecule is CCOc1cc2ncnc(Nc3ccc(F)c(Cl)c3)c2cc1NC(=O)/C=C/CN1CC2CC2C1. The number of carbonyl (C=O) groups is 1. The van der Waals surface area contributed by atoms with Crippen molar-refractivity contribution in [3.63, 3.8) is 0 Å². The van der Waals surface area contributed by atoms with Gasteiger partial charge in [0, 0.05) is 42.9 Å². The maximum absolute atomic E-state index is 13.5. The molecule has 34 heavy (non-hydrogen) atoms. The summed E-state index contributed by atoms with van der Waals surface area (Å²) >= 11 is 5.91. The van der Waals surface area contributed by atoms with Crippen molar-refractivity contribution in [2.45, 2.75) is 13.3 Å². The van der Waals surface area contributed by atoms with Gasteiger partial charge in [-0.25, -0.2) is 14.4 Å². The van der Waals surface area contributed by atoms with Gasteiger partial charge >= 0.3 is 0 Å². The molecule has 1 amide bonds. The van der Waals surface area contributed by atoms with Crippen molar-refractivity contribution in [2.75, 3.05) is 36.9 Å². The van der Waals surface area contributed by atoms with Crippen LogP contribution < -0.4 is 15.4 Å². The molecule has 2 unspecified atom stereocenters. The first kappa shape index (κ1) is 22.6. The van der Waals surface area contributed by atoms with E-state index in [1.165, 1.54) is 24.9 Å². The molecule has 2 heterocycles. The first-order valence-corrected chi connectivity index (χ1v) is 11.7. The highest BCUT2D eigenvalue weighted by molar-refractivity contribution is 6.31. The number of hydrogen-bond donors (Lipinski definition) is 2. The Morgan fingerprint density at radius 1 is 1.26 bits per heavy atom. The Balaban J connectivity index is 1.36. The van der Waals surface area contributed by atoms with Crippen molar-refractivity contribution in [1.82, 2.24) is 14.9 Å². The third-order valence-electron chi connectivity index (χ3n) is 6.16. The van der Waals surface area contributed by atoms with E-state index in [4.69, 9.17) is 16.3 Å². The summed E-state index contributed by atoms with van der Waals surface area (Å²) in [6.07, 6.45) is 6.24. The fraction of sp³-hybridized carbons (Fsp3) is 0.320. The Hall–Kier alpha value is -3.23. The summed E-state index contributed by atoms with van der Waals surface area (Å²) in [6, 6.07) is 7.87. The van der Waals surface area contributed by atoms with Gasteiger partial charge in [0.2, 0.25) is 5.91 Å². The Kier molecular flexibility index (Phi) is 6.34. The smallest absolute Gasteiger partial charge is 0.248 e. The van der Waals surface area contributed by atoms with Gasteiger partial charge in [-0.15, -0.1) is 0 Å². The number of aromatic nitrogens is 2. The molecule has 0 spiro atoms. The molecule has 1 saturated heterocycles. The van der Waals surface area contributed by atoms with E-state index in [2.05, 4.69) is 25.5 Å². The number of benzene rings is 2. The van der Waals surface area contributed by atoms with E-state index in [9.17, 15) is 9.18 Å². The van der Waals surface area contributed by atoms with Gasteiger partial charge in [-0.3, -0.25) is 9.69 Å². The number of halogens is 2. The Morgan fingerprint density at radius 3 is 2.85 bits per heavy atom. The molecule has 5 rings (SSSR count). The van der Waals surface area contributed by atoms with E-state index in [0.717, 1.165) is 31.5 Å². The lowest BCUT2D eigenvalue weighted by Crippen LogP contribution is -2.23. The van der Waals surface area contributed by atoms with Crippen molar-refractivity contribution >= 4 is 45.6 Å². The standard InChI is InChI=1S/C25H25ClFN5O2/c1-2-34-23-11-21-18(25(29-14-28-21)30-17-5-6-20(27)19(26)9-17)10-22(23)31-24(33)4-3-7-32-12-15-8-16(15)13-32/h3-6,9-11,14-16H,2,7-8,12-13H2,1H3,(H,31,33)(H,28,29,30)/b4-3+. The molecule has 7 nitrogen and oxygen atoms in total. The van der Waals surface area contributed by atoms with Gasteiger partial charge in [-0.2, -0.15) is 0 Å². The zero-order chi connectivity index (χ0) is 23.7. The van der Waals surface area contributed by atoms with Crippen molar-refractivity contribution < 1.29 is 13.9 Å². The molecule has 176 valence electrons. The predicted octanol–water partition coefficient (Wildman–Crippen LogP) is 5.01. The molecule has 1 aromatic heterocycles. The molecule has 0 radical (unpaired) electrons. The predicted molar refractivity (Wildman–Crippen MR) is 131 cm³/mol. The normalized spacial score (nSPS) is 19.4. The third-order valence-corrected chi connectivity index (χ3v) is 6.45. The van der Waals surface area contributed by atoms with Crippen molar-refractivity contribution in [3.05, 3.63) is 59.7 Å². The maximum Gasteiger partial charge on any atom is 0.248 e. The molecule has 2 atom stereocenters. The second-order valence-corrected chi connectivity index (χ2v) is 9.05. The fourth-order valence-electron chi connectivity index (χ4n) is 4.39. The van der Waals surface area contributed by atoms with E-state index >= 15 is 0 Å². The number of carbonyl (C=O) groups excluding carboxylic acids is 1. The van der Waals surface area contributed by atoms with E-state index in [1.54, 1.807) is 24.3 Å². The summed E-state index contributed by atoms with van der Waals surface area (Å²) in [4.78, 5) is 23.7. The van der Waals surface area contributed by atoms with E-state index < -0.39 is 5.82 Å². The maximum atomic E-state index is 13.5. The summed E-state index contributed by atoms with van der Waals surface area (Å²) in [5.41, 5.74) is 1.73. The number of nitrogens with one attached hydrogen (secondary N) is 2. The molecule has 3 aromatic rings. The van der Waals surface area contributed by atoms with Crippen LogP contribution in [0.15, 0.2) is 48.8 Å². The minimum absolute atomic E-state index is 0.00712. The van der Waals surface area contributed by atoms with Crippen LogP contribution in [-0.4, -0.2) is 47.0 Å². The van der Waals surface area contributed by atoms with Crippen LogP contribution in [-0.2, 0) is 4.79 Å². The number of hydrogen-bond acceptors (Lipinski definition) is 6. The molecule has 9 heteroatoms. The number of anilines is 3. The highest BCUT2D eigenvalue weighted by Crippen LogP contribution is 2.44. The molecular weight excluding hydrogens is 457 g/mol. The summed E-state index contributed by atoms with van der Waals surface area (Å²) in [6.45, 7) is 5.35. The van der Waals surface area contributed by atoms with Crippen LogP contribution in [0.2, 0.25) is 5.02 Å². The Morgan fingerprint density at radius 2 is 2.09 bits per heavy atom. The van der Waals surface area contributed by atoms with Gasteiger partial charge in [0.15, 0.2) is 0 Å². The lowest BCUT2D eigenvalue weighted by Gasteiger charge is -2.15. The number of rotatable bonds is 8. The van der Waals surface area contributed by atoms with Crippen LogP contribution in [0, 0.1) is 17.7 Å². The molecule has 2 N–H and O–H groups in total. The molecule has 2 aliphatic rings. The zero-order valence-corrected chi connectivity index (χ0v) is 19.5. The van der Waals surface area contributed by atoms with Crippen LogP contribution in [0.3, 0.4) is 0 Å². The van der Waals surface area contributed by atoms with E-state index in [0.29, 0.717) is 40.5 Å². The van der Waals surface area contributed by atoms with Gasteiger partial charge in [0.1, 0.15) is 23.7 Å². The number of nitrogens with zero attached hydrogens (tertiary/aromatic N) is 3. The van der Waals surface area contributed by atoms with Crippen LogP contribution in [0.25, 0.3) is 10.9 Å². The molecule has 1 saturated carbocycles. The third kappa shape index (κ3) is 4.98. The molecule has 0 bridgehead atoms. The first-order chi connectivity index (χ1) is 16.5. The van der Waals surface area contributed by atoms with Crippen molar-refractivity contribution in [1.29, 1.82) is 0 Å². The Bertz CT molecular complexity index is 1260. The zero-order valence-electron chi connectivity index (χ0n) is 18.7. The second-order valence-electron chi connectivity index (χ2n) is 8.64. The highest BCUT2D eigenvalue weighted by Gasteiger charge is 2.44. The van der Waals surface area contributed by atoms with Crippen LogP contribution in [0.4, 0.5) is 21.6 Å². The van der Waals surface area contributed by atoms with Crippen molar-refractivity contribution in [2.24, 2.45) is 11.8 Å². The van der Waals surface area contributed by atoms with E-state index in [-0.39, 0.29) is 10.9 Å². The van der Waals surface area contributed by atoms with Gasteiger partial charge in [0.25, 0.3) is 0 Å². The number of likely N-dealkylation sites (tertiary alicyclic amines) is 1. The first-order valence-electron chi connectivity index (χ1n) is 11.3. The van der Waals surface area contributed by atoms with Gasteiger partial charge < -0.3 is 15.4 Å². The van der Waals surface area contributed by atoms with Crippen LogP contribution >= 0.6 is 11.6 Å². The second kappa shape index (κ2) is 9.56. The molecule has 1 aliphatic carbocycles. The van der Waals surface area contributed by atoms with Gasteiger partial charge in [-0.05, 0) is 49.4 Å². The fourth-order valence-corrected chi connectivity index (χ4v) is 4.57. The lowest BCUT2D eigenvalue weighted by atomic mass is 10.1. The largest absolute Gasteiger partial charge is 0.492 e. The van der Waals surface area contributed by atoms with Crippen LogP contribution in [0.1, 0.15) is 13.3 Å². The number of piperidine rings is 1. The molecule has 1 aliphatic heterocycles. The summed E-state index contributed by atoms with van der Waals surface area (Å²) in [7, 11) is 0. The highest BCUT2D eigenvalue weighted by atomic mass is 35.5. The minimum atomic E-state index is -0.499. The molecule has 2 aromatic carbocycles. The summed E-state index contributed by atoms with van der Waals surface area (Å²) in [5.74, 6) is 2.01. The lowest BCUT2D eigenvalue weighted by molar-refractivity contribution is -0.111. The molecular formula is C25H25ClFN5O2. The van der Waals surface area contributed by atoms with Crippen molar-refractivity contribution in [3.8, 4) is 5.75 Å². The summed E-state index contributed by atoms with van der Waals surface area (Å²) in [5, 5.41) is 6.73. The summed E-state index contributed by atoms with van der Waals surface area (Å²) < 4.78 is 19.3.